The maximum Gasteiger partial charge on any atom is 0.234 e. The second kappa shape index (κ2) is 4.00. The van der Waals surface area contributed by atoms with Gasteiger partial charge < -0.3 is 4.90 Å². The molecule has 1 aliphatic heterocycles. The SMILES string of the molecule is O=C1CCN(c2ccc(F)c(F)c2)C(=O)C1. The Kier molecular flexibility index (Phi) is 2.68. The lowest BCUT2D eigenvalue weighted by Gasteiger charge is -2.26. The van der Waals surface area contributed by atoms with Gasteiger partial charge in [-0.25, -0.2) is 8.78 Å². The van der Waals surface area contributed by atoms with E-state index in [1.165, 1.54) is 11.0 Å². The van der Waals surface area contributed by atoms with E-state index in [1.807, 2.05) is 0 Å². The first-order valence-electron chi connectivity index (χ1n) is 4.85. The second-order valence-electron chi connectivity index (χ2n) is 3.61. The summed E-state index contributed by atoms with van der Waals surface area (Å²) in [4.78, 5) is 23.8. The van der Waals surface area contributed by atoms with Gasteiger partial charge in [0.1, 0.15) is 5.78 Å². The standard InChI is InChI=1S/C11H9F2NO2/c12-9-2-1-7(5-10(9)13)14-4-3-8(15)6-11(14)16/h1-2,5H,3-4,6H2. The number of hydrogen-bond donors (Lipinski definition) is 0. The highest BCUT2D eigenvalue weighted by Crippen LogP contribution is 2.21. The lowest BCUT2D eigenvalue weighted by Crippen LogP contribution is -2.39. The highest BCUT2D eigenvalue weighted by molar-refractivity contribution is 6.08. The smallest absolute Gasteiger partial charge is 0.234 e. The Morgan fingerprint density at radius 3 is 2.50 bits per heavy atom. The molecule has 0 saturated carbocycles. The van der Waals surface area contributed by atoms with Crippen LogP contribution in [0.4, 0.5) is 14.5 Å². The van der Waals surface area contributed by atoms with Gasteiger partial charge in [0, 0.05) is 24.7 Å². The van der Waals surface area contributed by atoms with Crippen molar-refractivity contribution in [1.29, 1.82) is 0 Å². The van der Waals surface area contributed by atoms with E-state index in [9.17, 15) is 18.4 Å². The van der Waals surface area contributed by atoms with Gasteiger partial charge in [0.2, 0.25) is 5.91 Å². The molecule has 1 heterocycles. The zero-order valence-corrected chi connectivity index (χ0v) is 8.37. The van der Waals surface area contributed by atoms with Crippen molar-refractivity contribution in [1.82, 2.24) is 0 Å². The number of halogens is 2. The molecule has 5 heteroatoms. The Bertz CT molecular complexity index is 459. The third-order valence-corrected chi connectivity index (χ3v) is 2.48. The van der Waals surface area contributed by atoms with Gasteiger partial charge in [-0.2, -0.15) is 0 Å². The maximum absolute atomic E-state index is 13.0. The van der Waals surface area contributed by atoms with Crippen LogP contribution < -0.4 is 4.90 Å². The third kappa shape index (κ3) is 1.93. The average molecular weight is 225 g/mol. The molecule has 0 aliphatic carbocycles. The molecule has 0 radical (unpaired) electrons. The monoisotopic (exact) mass is 225 g/mol. The molecule has 0 aromatic heterocycles. The fourth-order valence-corrected chi connectivity index (χ4v) is 1.64. The molecule has 1 aromatic carbocycles. The second-order valence-corrected chi connectivity index (χ2v) is 3.61. The first kappa shape index (κ1) is 10.7. The number of piperidine rings is 1. The van der Waals surface area contributed by atoms with Crippen molar-refractivity contribution in [3.63, 3.8) is 0 Å². The summed E-state index contributed by atoms with van der Waals surface area (Å²) < 4.78 is 25.7. The Labute approximate surface area is 90.7 Å². The predicted octanol–water partition coefficient (Wildman–Crippen LogP) is 1.66. The number of anilines is 1. The number of ketones is 1. The van der Waals surface area contributed by atoms with Gasteiger partial charge in [-0.1, -0.05) is 0 Å². The number of rotatable bonds is 1. The largest absolute Gasteiger partial charge is 0.311 e. The number of carbonyl (C=O) groups is 2. The molecule has 0 spiro atoms. The minimum absolute atomic E-state index is 0.121. The van der Waals surface area contributed by atoms with Crippen LogP contribution >= 0.6 is 0 Å². The van der Waals surface area contributed by atoms with Crippen LogP contribution in [0.15, 0.2) is 18.2 Å². The minimum atomic E-state index is -0.998. The fourth-order valence-electron chi connectivity index (χ4n) is 1.64. The number of Topliss-reactive ketones (excluding diaryl/α,β-unsaturated/α-hetero) is 1. The van der Waals surface area contributed by atoms with E-state index in [4.69, 9.17) is 0 Å². The number of hydrogen-bond acceptors (Lipinski definition) is 2. The Morgan fingerprint density at radius 1 is 1.12 bits per heavy atom. The van der Waals surface area contributed by atoms with Crippen LogP contribution in [-0.4, -0.2) is 18.2 Å². The van der Waals surface area contributed by atoms with E-state index < -0.39 is 11.6 Å². The van der Waals surface area contributed by atoms with Gasteiger partial charge in [-0.15, -0.1) is 0 Å². The molecule has 0 bridgehead atoms. The first-order chi connectivity index (χ1) is 7.58. The van der Waals surface area contributed by atoms with Gasteiger partial charge in [0.25, 0.3) is 0 Å². The molecule has 84 valence electrons. The van der Waals surface area contributed by atoms with Gasteiger partial charge in [0.05, 0.1) is 6.42 Å². The summed E-state index contributed by atoms with van der Waals surface area (Å²) >= 11 is 0. The van der Waals surface area contributed by atoms with E-state index >= 15 is 0 Å². The molecule has 1 aliphatic rings. The van der Waals surface area contributed by atoms with Crippen molar-refractivity contribution < 1.29 is 18.4 Å². The summed E-state index contributed by atoms with van der Waals surface area (Å²) in [5, 5.41) is 0. The fraction of sp³-hybridized carbons (Fsp3) is 0.273. The van der Waals surface area contributed by atoms with Gasteiger partial charge >= 0.3 is 0 Å². The summed E-state index contributed by atoms with van der Waals surface area (Å²) in [6.45, 7) is 0.225. The van der Waals surface area contributed by atoms with E-state index in [-0.39, 0.29) is 36.8 Å². The summed E-state index contributed by atoms with van der Waals surface area (Å²) in [7, 11) is 0. The highest BCUT2D eigenvalue weighted by Gasteiger charge is 2.25. The Hall–Kier alpha value is -1.78. The minimum Gasteiger partial charge on any atom is -0.311 e. The molecule has 0 atom stereocenters. The molecular formula is C11H9F2NO2. The number of amides is 1. The summed E-state index contributed by atoms with van der Waals surface area (Å²) in [6, 6.07) is 3.25. The van der Waals surface area contributed by atoms with Crippen molar-refractivity contribution >= 4 is 17.4 Å². The normalized spacial score (nSPS) is 16.8. The van der Waals surface area contributed by atoms with Crippen molar-refractivity contribution in [3.05, 3.63) is 29.8 Å². The van der Waals surface area contributed by atoms with Crippen molar-refractivity contribution in [2.24, 2.45) is 0 Å². The molecule has 3 nitrogen and oxygen atoms in total. The van der Waals surface area contributed by atoms with Crippen LogP contribution in [0.1, 0.15) is 12.8 Å². The quantitative estimate of drug-likeness (QED) is 0.681. The zero-order chi connectivity index (χ0) is 11.7. The lowest BCUT2D eigenvalue weighted by molar-refractivity contribution is -0.128. The van der Waals surface area contributed by atoms with E-state index in [0.717, 1.165) is 12.1 Å². The molecular weight excluding hydrogens is 216 g/mol. The molecule has 1 fully saturated rings. The van der Waals surface area contributed by atoms with E-state index in [1.54, 1.807) is 0 Å². The highest BCUT2D eigenvalue weighted by atomic mass is 19.2. The molecule has 1 aromatic rings. The topological polar surface area (TPSA) is 37.4 Å². The van der Waals surface area contributed by atoms with Gasteiger partial charge in [-0.3, -0.25) is 9.59 Å². The number of nitrogens with zero attached hydrogens (tertiary/aromatic N) is 1. The number of carbonyl (C=O) groups excluding carboxylic acids is 2. The van der Waals surface area contributed by atoms with E-state index in [0.29, 0.717) is 0 Å². The maximum atomic E-state index is 13.0. The van der Waals surface area contributed by atoms with Gasteiger partial charge in [0.15, 0.2) is 11.6 Å². The van der Waals surface area contributed by atoms with Crippen LogP contribution in [0.2, 0.25) is 0 Å². The van der Waals surface area contributed by atoms with Crippen LogP contribution in [0.3, 0.4) is 0 Å². The third-order valence-electron chi connectivity index (χ3n) is 2.48. The number of benzene rings is 1. The molecule has 0 unspecified atom stereocenters. The summed E-state index contributed by atoms with van der Waals surface area (Å²) in [5.41, 5.74) is 0.288. The zero-order valence-electron chi connectivity index (χ0n) is 8.37. The van der Waals surface area contributed by atoms with Crippen LogP contribution in [-0.2, 0) is 9.59 Å². The summed E-state index contributed by atoms with van der Waals surface area (Å²) in [6.07, 6.45) is 0.0870. The van der Waals surface area contributed by atoms with Crippen molar-refractivity contribution in [2.45, 2.75) is 12.8 Å². The van der Waals surface area contributed by atoms with Gasteiger partial charge in [-0.05, 0) is 12.1 Å². The Morgan fingerprint density at radius 2 is 1.88 bits per heavy atom. The average Bonchev–Trinajstić information content (AvgIpc) is 2.22. The van der Waals surface area contributed by atoms with E-state index in [2.05, 4.69) is 0 Å². The molecule has 1 saturated heterocycles. The summed E-state index contributed by atoms with van der Waals surface area (Å²) in [5.74, 6) is -2.45. The van der Waals surface area contributed by atoms with Crippen LogP contribution in [0.5, 0.6) is 0 Å². The predicted molar refractivity (Wildman–Crippen MR) is 53.0 cm³/mol. The lowest BCUT2D eigenvalue weighted by atomic mass is 10.1. The van der Waals surface area contributed by atoms with Crippen molar-refractivity contribution in [3.8, 4) is 0 Å². The molecule has 1 amide bonds. The molecule has 2 rings (SSSR count). The molecule has 16 heavy (non-hydrogen) atoms. The van der Waals surface area contributed by atoms with Crippen molar-refractivity contribution in [2.75, 3.05) is 11.4 Å². The first-order valence-corrected chi connectivity index (χ1v) is 4.85. The molecule has 0 N–H and O–H groups in total. The Balaban J connectivity index is 2.27. The van der Waals surface area contributed by atoms with Crippen LogP contribution in [0.25, 0.3) is 0 Å². The van der Waals surface area contributed by atoms with Crippen LogP contribution in [0, 0.1) is 11.6 Å².